The fraction of sp³-hybridized carbons (Fsp3) is 0.464. The monoisotopic (exact) mass is 531 g/mol. The highest BCUT2D eigenvalue weighted by molar-refractivity contribution is 7.18. The molecule has 2 fully saturated rings. The molecule has 4 atom stereocenters. The third-order valence-corrected chi connectivity index (χ3v) is 9.08. The van der Waals surface area contributed by atoms with Crippen LogP contribution in [-0.2, 0) is 9.59 Å². The number of likely N-dealkylation sites (tertiary alicyclic amines) is 2. The Labute approximate surface area is 225 Å². The lowest BCUT2D eigenvalue weighted by molar-refractivity contribution is -0.146. The van der Waals surface area contributed by atoms with Gasteiger partial charge in [0.1, 0.15) is 0 Å². The molecule has 2 aliphatic heterocycles. The van der Waals surface area contributed by atoms with Gasteiger partial charge in [0.25, 0.3) is 0 Å². The molecule has 2 saturated heterocycles. The van der Waals surface area contributed by atoms with E-state index < -0.39 is 11.8 Å². The zero-order chi connectivity index (χ0) is 26.4. The van der Waals surface area contributed by atoms with Gasteiger partial charge in [0.05, 0.1) is 44.9 Å². The fourth-order valence-corrected chi connectivity index (χ4v) is 7.18. The van der Waals surface area contributed by atoms with E-state index in [1.165, 1.54) is 15.9 Å². The molecule has 0 saturated carbocycles. The third kappa shape index (κ3) is 4.78. The highest BCUT2D eigenvalue weighted by Gasteiger charge is 2.35. The van der Waals surface area contributed by atoms with Crippen LogP contribution >= 0.6 is 11.3 Å². The Morgan fingerprint density at radius 1 is 1.08 bits per heavy atom. The summed E-state index contributed by atoms with van der Waals surface area (Å²) in [7, 11) is 2.19. The third-order valence-electron chi connectivity index (χ3n) is 7.88. The predicted octanol–water partition coefficient (Wildman–Crippen LogP) is 4.56. The van der Waals surface area contributed by atoms with Crippen molar-refractivity contribution in [1.82, 2.24) is 30.0 Å². The summed E-state index contributed by atoms with van der Waals surface area (Å²) in [6, 6.07) is 6.20. The summed E-state index contributed by atoms with van der Waals surface area (Å²) in [6.45, 7) is 7.15. The lowest BCUT2D eigenvalue weighted by Gasteiger charge is -2.38. The molecule has 0 aliphatic carbocycles. The smallest absolute Gasteiger partial charge is 0.314 e. The van der Waals surface area contributed by atoms with E-state index in [1.807, 2.05) is 0 Å². The molecule has 2 N–H and O–H groups in total. The summed E-state index contributed by atoms with van der Waals surface area (Å²) in [5.74, 6) is 0.237. The van der Waals surface area contributed by atoms with Crippen molar-refractivity contribution in [1.29, 1.82) is 0 Å². The number of carbonyl (C=O) groups excluding carboxylic acids is 2. The number of likely N-dealkylation sites (N-methyl/N-ethyl adjacent to an activating group) is 1. The summed E-state index contributed by atoms with van der Waals surface area (Å²) in [4.78, 5) is 40.0. The molecule has 2 amide bonds. The molecule has 3 aromatic heterocycles. The van der Waals surface area contributed by atoms with E-state index in [-0.39, 0.29) is 6.04 Å². The Balaban J connectivity index is 1.25. The fourth-order valence-electron chi connectivity index (χ4n) is 6.13. The van der Waals surface area contributed by atoms with Gasteiger partial charge in [0.2, 0.25) is 0 Å². The Morgan fingerprint density at radius 2 is 1.95 bits per heavy atom. The number of pyridine rings is 1. The Bertz CT molecular complexity index is 1490. The minimum Gasteiger partial charge on any atom is -0.327 e. The molecule has 198 valence electrons. The molecule has 0 spiro atoms. The second-order valence-corrected chi connectivity index (χ2v) is 12.2. The van der Waals surface area contributed by atoms with E-state index in [1.54, 1.807) is 28.6 Å². The van der Waals surface area contributed by atoms with Gasteiger partial charge in [-0.3, -0.25) is 19.7 Å². The number of benzene rings is 1. The topological polar surface area (TPSA) is 107 Å². The summed E-state index contributed by atoms with van der Waals surface area (Å²) in [5.41, 5.74) is 3.11. The van der Waals surface area contributed by atoms with Gasteiger partial charge in [-0.1, -0.05) is 19.9 Å². The SMILES string of the molecule is C[C@@H]1C[C@@H](c2nc3cc([C@H]4CC[C@H](C)CN4C(=O)C(=O)Nc4cncc5cn[nH]c45)ccc3s2)CN(C)C1. The van der Waals surface area contributed by atoms with Crippen molar-refractivity contribution in [2.75, 3.05) is 32.0 Å². The standard InChI is InChI=1S/C28H33N7O2S/c1-16-4-6-23(35(14-16)28(37)26(36)31-22-12-29-10-20-11-30-33-25(20)22)18-5-7-24-21(9-18)32-27(38-24)19-8-17(2)13-34(3)15-19/h5,7,9-12,16-17,19,23H,4,6,8,13-15H2,1-3H3,(H,30,33)(H,31,36)/t16-,17+,19+,23+/m0/s1. The summed E-state index contributed by atoms with van der Waals surface area (Å²) < 4.78 is 1.17. The lowest BCUT2D eigenvalue weighted by atomic mass is 9.89. The van der Waals surface area contributed by atoms with Crippen LogP contribution in [0.15, 0.2) is 36.8 Å². The lowest BCUT2D eigenvalue weighted by Crippen LogP contribution is -2.46. The van der Waals surface area contributed by atoms with Gasteiger partial charge >= 0.3 is 11.8 Å². The Hall–Kier alpha value is -3.37. The maximum Gasteiger partial charge on any atom is 0.314 e. The average Bonchev–Trinajstić information content (AvgIpc) is 3.55. The van der Waals surface area contributed by atoms with Gasteiger partial charge in [0.15, 0.2) is 0 Å². The molecule has 4 aromatic rings. The minimum atomic E-state index is -0.666. The molecule has 0 unspecified atom stereocenters. The first-order chi connectivity index (χ1) is 18.4. The number of piperidine rings is 2. The number of H-pyrrole nitrogens is 1. The van der Waals surface area contributed by atoms with E-state index in [9.17, 15) is 9.59 Å². The number of hydrogen-bond donors (Lipinski definition) is 2. The van der Waals surface area contributed by atoms with Crippen molar-refractivity contribution in [3.8, 4) is 0 Å². The van der Waals surface area contributed by atoms with Gasteiger partial charge < -0.3 is 15.1 Å². The summed E-state index contributed by atoms with van der Waals surface area (Å²) in [5, 5.41) is 11.6. The van der Waals surface area contributed by atoms with E-state index in [0.29, 0.717) is 35.5 Å². The zero-order valence-electron chi connectivity index (χ0n) is 22.0. The Kier molecular flexibility index (Phi) is 6.61. The number of nitrogens with zero attached hydrogens (tertiary/aromatic N) is 5. The van der Waals surface area contributed by atoms with Crippen LogP contribution in [-0.4, -0.2) is 68.5 Å². The normalized spacial score (nSPS) is 24.7. The first kappa shape index (κ1) is 24.9. The second kappa shape index (κ2) is 10.1. The first-order valence-corrected chi connectivity index (χ1v) is 14.1. The molecule has 1 aromatic carbocycles. The van der Waals surface area contributed by atoms with E-state index in [4.69, 9.17) is 4.98 Å². The van der Waals surface area contributed by atoms with Crippen LogP contribution in [0.3, 0.4) is 0 Å². The van der Waals surface area contributed by atoms with Crippen molar-refractivity contribution in [2.24, 2.45) is 11.8 Å². The Morgan fingerprint density at radius 3 is 2.79 bits per heavy atom. The number of hydrogen-bond acceptors (Lipinski definition) is 7. The number of aromatic nitrogens is 4. The highest BCUT2D eigenvalue weighted by atomic mass is 32.1. The molecule has 38 heavy (non-hydrogen) atoms. The zero-order valence-corrected chi connectivity index (χ0v) is 22.8. The van der Waals surface area contributed by atoms with Crippen LogP contribution in [0.4, 0.5) is 5.69 Å². The molecule has 5 heterocycles. The van der Waals surface area contributed by atoms with Crippen LogP contribution < -0.4 is 5.32 Å². The van der Waals surface area contributed by atoms with Gasteiger partial charge in [-0.15, -0.1) is 11.3 Å². The first-order valence-electron chi connectivity index (χ1n) is 13.3. The van der Waals surface area contributed by atoms with Gasteiger partial charge in [-0.2, -0.15) is 5.10 Å². The number of fused-ring (bicyclic) bond motifs is 2. The predicted molar refractivity (Wildman–Crippen MR) is 149 cm³/mol. The molecule has 9 nitrogen and oxygen atoms in total. The molecular weight excluding hydrogens is 498 g/mol. The quantitative estimate of drug-likeness (QED) is 0.375. The van der Waals surface area contributed by atoms with Gasteiger partial charge in [-0.25, -0.2) is 4.98 Å². The highest BCUT2D eigenvalue weighted by Crippen LogP contribution is 2.38. The second-order valence-electron chi connectivity index (χ2n) is 11.2. The molecule has 6 rings (SSSR count). The number of aromatic amines is 1. The van der Waals surface area contributed by atoms with Crippen molar-refractivity contribution >= 4 is 50.0 Å². The molecule has 10 heteroatoms. The van der Waals surface area contributed by atoms with Gasteiger partial charge in [-0.05, 0) is 55.8 Å². The summed E-state index contributed by atoms with van der Waals surface area (Å²) in [6.07, 6.45) is 7.80. The number of amides is 2. The van der Waals surface area contributed by atoms with Crippen molar-refractivity contribution in [3.63, 3.8) is 0 Å². The number of thiazole rings is 1. The number of carbonyl (C=O) groups is 2. The van der Waals surface area contributed by atoms with Crippen molar-refractivity contribution in [2.45, 2.75) is 45.1 Å². The largest absolute Gasteiger partial charge is 0.327 e. The van der Waals surface area contributed by atoms with Crippen LogP contribution in [0.25, 0.3) is 21.1 Å². The van der Waals surface area contributed by atoms with Crippen LogP contribution in [0.5, 0.6) is 0 Å². The van der Waals surface area contributed by atoms with E-state index >= 15 is 0 Å². The molecule has 0 radical (unpaired) electrons. The average molecular weight is 532 g/mol. The van der Waals surface area contributed by atoms with E-state index in [2.05, 4.69) is 64.5 Å². The number of anilines is 1. The minimum absolute atomic E-state index is 0.166. The molecule has 0 bridgehead atoms. The number of nitrogens with one attached hydrogen (secondary N) is 2. The maximum absolute atomic E-state index is 13.5. The van der Waals surface area contributed by atoms with Crippen molar-refractivity contribution in [3.05, 3.63) is 47.4 Å². The maximum atomic E-state index is 13.5. The van der Waals surface area contributed by atoms with Crippen molar-refractivity contribution < 1.29 is 9.59 Å². The van der Waals surface area contributed by atoms with Crippen LogP contribution in [0.1, 0.15) is 55.6 Å². The number of rotatable bonds is 3. The summed E-state index contributed by atoms with van der Waals surface area (Å²) >= 11 is 1.78. The van der Waals surface area contributed by atoms with Crippen LogP contribution in [0, 0.1) is 11.8 Å². The van der Waals surface area contributed by atoms with Crippen LogP contribution in [0.2, 0.25) is 0 Å². The molecular formula is C28H33N7O2S. The van der Waals surface area contributed by atoms with Gasteiger partial charge in [0, 0.05) is 37.1 Å². The van der Waals surface area contributed by atoms with E-state index in [0.717, 1.165) is 48.8 Å². The molecule has 2 aliphatic rings.